The first-order chi connectivity index (χ1) is 8.33. The third-order valence-corrected chi connectivity index (χ3v) is 2.62. The molecule has 5 heteroatoms. The summed E-state index contributed by atoms with van der Waals surface area (Å²) in [5, 5.41) is 8.81. The van der Waals surface area contributed by atoms with E-state index in [0.29, 0.717) is 12.1 Å². The second-order valence-electron chi connectivity index (χ2n) is 5.61. The molecule has 2 unspecified atom stereocenters. The molecule has 0 aliphatic heterocycles. The minimum atomic E-state index is 0. The smallest absolute Gasteiger partial charge is 0.610 e. The number of hydrogen-bond donors (Lipinski definition) is 2. The fraction of sp³-hybridized carbons (Fsp3) is 1.00. The SMILES string of the molecule is CCC(C)[N-]C[NH+](C)C.CCC(C)[N-]C[NH+](C)C.[Mg+2]. The number of quaternary nitrogens is 2. The Morgan fingerprint density at radius 2 is 1.00 bits per heavy atom. The van der Waals surface area contributed by atoms with Crippen molar-refractivity contribution in [3.63, 3.8) is 0 Å². The molecule has 0 saturated heterocycles. The van der Waals surface area contributed by atoms with E-state index in [1.165, 1.54) is 9.80 Å². The third kappa shape index (κ3) is 24.1. The van der Waals surface area contributed by atoms with E-state index in [2.05, 4.69) is 66.5 Å². The minimum absolute atomic E-state index is 0. The van der Waals surface area contributed by atoms with Gasteiger partial charge in [-0.3, -0.25) is 0 Å². The van der Waals surface area contributed by atoms with Gasteiger partial charge in [-0.1, -0.05) is 40.5 Å². The summed E-state index contributed by atoms with van der Waals surface area (Å²) in [7, 11) is 8.47. The van der Waals surface area contributed by atoms with Crippen molar-refractivity contribution in [1.82, 2.24) is 0 Å². The van der Waals surface area contributed by atoms with Crippen molar-refractivity contribution in [3.05, 3.63) is 10.6 Å². The first-order valence-electron chi connectivity index (χ1n) is 7.24. The quantitative estimate of drug-likeness (QED) is 0.595. The molecule has 19 heavy (non-hydrogen) atoms. The van der Waals surface area contributed by atoms with Crippen molar-refractivity contribution in [2.45, 2.75) is 52.6 Å². The second kappa shape index (κ2) is 16.7. The van der Waals surface area contributed by atoms with Gasteiger partial charge in [-0.2, -0.15) is 0 Å². The van der Waals surface area contributed by atoms with Gasteiger partial charge in [0.15, 0.2) is 0 Å². The molecule has 0 amide bonds. The zero-order valence-corrected chi connectivity index (χ0v) is 16.0. The summed E-state index contributed by atoms with van der Waals surface area (Å²) in [6, 6.07) is 1.08. The van der Waals surface area contributed by atoms with Crippen molar-refractivity contribution < 1.29 is 9.80 Å². The summed E-state index contributed by atoms with van der Waals surface area (Å²) in [6.07, 6.45) is 2.32. The van der Waals surface area contributed by atoms with Crippen molar-refractivity contribution in [1.29, 1.82) is 0 Å². The number of nitrogens with one attached hydrogen (secondary N) is 2. The molecule has 0 fully saturated rings. The van der Waals surface area contributed by atoms with Gasteiger partial charge >= 0.3 is 23.1 Å². The summed E-state index contributed by atoms with van der Waals surface area (Å²) in [6.45, 7) is 10.5. The molecule has 0 saturated carbocycles. The van der Waals surface area contributed by atoms with E-state index < -0.39 is 0 Å². The van der Waals surface area contributed by atoms with E-state index in [0.717, 1.165) is 26.2 Å². The van der Waals surface area contributed by atoms with Crippen LogP contribution in [0.3, 0.4) is 0 Å². The Balaban J connectivity index is -0.000000256. The van der Waals surface area contributed by atoms with Crippen LogP contribution in [0.1, 0.15) is 40.5 Å². The average molecular weight is 285 g/mol. The van der Waals surface area contributed by atoms with Crippen LogP contribution in [0.2, 0.25) is 0 Å². The van der Waals surface area contributed by atoms with Gasteiger partial charge in [0.2, 0.25) is 0 Å². The molecule has 0 aliphatic carbocycles. The second-order valence-corrected chi connectivity index (χ2v) is 5.61. The molecular formula is C14H36MgN4+2. The Bertz CT molecular complexity index is 148. The summed E-state index contributed by atoms with van der Waals surface area (Å²) < 4.78 is 0. The minimum Gasteiger partial charge on any atom is -0.610 e. The first kappa shape index (κ1) is 24.6. The third-order valence-electron chi connectivity index (χ3n) is 2.62. The molecule has 0 spiro atoms. The molecule has 0 aromatic heterocycles. The summed E-state index contributed by atoms with van der Waals surface area (Å²) >= 11 is 0. The maximum absolute atomic E-state index is 4.41. The predicted octanol–water partition coefficient (Wildman–Crippen LogP) is 0.140. The van der Waals surface area contributed by atoms with Crippen LogP contribution in [-0.2, 0) is 0 Å². The standard InChI is InChI=1S/2C7H17N2.Mg/c2*1-5-7(2)8-6-9(3)4;/h2*7H,5-6H2,1-4H3;/q2*-1;+2/p+2. The maximum atomic E-state index is 4.41. The molecule has 0 bridgehead atoms. The predicted molar refractivity (Wildman–Crippen MR) is 87.3 cm³/mol. The molecule has 0 radical (unpaired) electrons. The topological polar surface area (TPSA) is 37.1 Å². The van der Waals surface area contributed by atoms with Crippen LogP contribution in [0.25, 0.3) is 10.6 Å². The van der Waals surface area contributed by atoms with E-state index in [4.69, 9.17) is 0 Å². The Labute approximate surface area is 137 Å². The molecule has 0 aromatic rings. The fourth-order valence-corrected chi connectivity index (χ4v) is 0.935. The number of nitrogens with zero attached hydrogens (tertiary/aromatic N) is 2. The van der Waals surface area contributed by atoms with Gasteiger partial charge in [-0.25, -0.2) is 0 Å². The van der Waals surface area contributed by atoms with E-state index in [1.54, 1.807) is 0 Å². The van der Waals surface area contributed by atoms with Crippen molar-refractivity contribution in [3.8, 4) is 0 Å². The first-order valence-corrected chi connectivity index (χ1v) is 7.24. The molecule has 2 N–H and O–H groups in total. The van der Waals surface area contributed by atoms with Crippen LogP contribution in [0, 0.1) is 0 Å². The monoisotopic (exact) mass is 284 g/mol. The Morgan fingerprint density at radius 1 is 0.737 bits per heavy atom. The largest absolute Gasteiger partial charge is 2.00 e. The van der Waals surface area contributed by atoms with Gasteiger partial charge in [-0.05, 0) is 13.3 Å². The Kier molecular flexibility index (Phi) is 21.6. The zero-order chi connectivity index (χ0) is 14.6. The summed E-state index contributed by atoms with van der Waals surface area (Å²) in [4.78, 5) is 2.80. The van der Waals surface area contributed by atoms with Crippen LogP contribution < -0.4 is 9.80 Å². The average Bonchev–Trinajstić information content (AvgIpc) is 2.33. The molecule has 0 heterocycles. The van der Waals surface area contributed by atoms with Gasteiger partial charge in [-0.15, -0.1) is 12.1 Å². The van der Waals surface area contributed by atoms with Gasteiger partial charge in [0.05, 0.1) is 28.2 Å². The molecular weight excluding hydrogens is 248 g/mol. The molecule has 0 rings (SSSR count). The molecule has 112 valence electrons. The normalized spacial score (nSPS) is 13.6. The molecule has 4 nitrogen and oxygen atoms in total. The van der Waals surface area contributed by atoms with Crippen LogP contribution >= 0.6 is 0 Å². The zero-order valence-electron chi connectivity index (χ0n) is 14.6. The van der Waals surface area contributed by atoms with Crippen LogP contribution in [0.4, 0.5) is 0 Å². The Morgan fingerprint density at radius 3 is 1.16 bits per heavy atom. The van der Waals surface area contributed by atoms with Gasteiger partial charge < -0.3 is 20.4 Å². The fourth-order valence-electron chi connectivity index (χ4n) is 0.935. The van der Waals surface area contributed by atoms with E-state index >= 15 is 0 Å². The Hall–Kier alpha value is 0.606. The molecule has 0 aliphatic rings. The number of hydrogen-bond acceptors (Lipinski definition) is 0. The van der Waals surface area contributed by atoms with Crippen molar-refractivity contribution in [2.24, 2.45) is 0 Å². The van der Waals surface area contributed by atoms with Crippen LogP contribution in [-0.4, -0.2) is 76.7 Å². The number of rotatable bonds is 8. The van der Waals surface area contributed by atoms with E-state index in [1.807, 2.05) is 0 Å². The molecule has 2 atom stereocenters. The summed E-state index contributed by atoms with van der Waals surface area (Å²) in [5.41, 5.74) is 0. The van der Waals surface area contributed by atoms with Crippen molar-refractivity contribution >= 4 is 23.1 Å². The van der Waals surface area contributed by atoms with Gasteiger partial charge in [0.1, 0.15) is 0 Å². The van der Waals surface area contributed by atoms with E-state index in [9.17, 15) is 0 Å². The van der Waals surface area contributed by atoms with E-state index in [-0.39, 0.29) is 23.1 Å². The molecule has 0 aromatic carbocycles. The van der Waals surface area contributed by atoms with Gasteiger partial charge in [0, 0.05) is 0 Å². The van der Waals surface area contributed by atoms with Crippen LogP contribution in [0.5, 0.6) is 0 Å². The van der Waals surface area contributed by atoms with Crippen molar-refractivity contribution in [2.75, 3.05) is 41.5 Å². The van der Waals surface area contributed by atoms with Crippen LogP contribution in [0.15, 0.2) is 0 Å². The maximum Gasteiger partial charge on any atom is 2.00 e. The van der Waals surface area contributed by atoms with Gasteiger partial charge in [0.25, 0.3) is 0 Å². The summed E-state index contributed by atoms with van der Waals surface area (Å²) in [5.74, 6) is 0.